The number of rotatable bonds is 5. The van der Waals surface area contributed by atoms with E-state index in [9.17, 15) is 9.18 Å². The molecule has 0 aromatic heterocycles. The van der Waals surface area contributed by atoms with Crippen molar-refractivity contribution in [3.05, 3.63) is 96.3 Å². The molecule has 0 aliphatic rings. The lowest BCUT2D eigenvalue weighted by Crippen LogP contribution is -2.03. The molecule has 3 aromatic carbocycles. The minimum atomic E-state index is -0.513. The topological polar surface area (TPSA) is 35.5 Å². The fraction of sp³-hybridized carbons (Fsp3) is 0. The number of para-hydroxylation sites is 1. The van der Waals surface area contributed by atoms with E-state index in [1.54, 1.807) is 42.5 Å². The van der Waals surface area contributed by atoms with Gasteiger partial charge in [0, 0.05) is 6.08 Å². The molecule has 0 fully saturated rings. The van der Waals surface area contributed by atoms with Crippen LogP contribution in [0.5, 0.6) is 17.2 Å². The third kappa shape index (κ3) is 5.04. The van der Waals surface area contributed by atoms with Gasteiger partial charge in [0.2, 0.25) is 0 Å². The van der Waals surface area contributed by atoms with Crippen molar-refractivity contribution in [3.63, 3.8) is 0 Å². The normalized spacial score (nSPS) is 10.6. The number of halogens is 1. The van der Waals surface area contributed by atoms with Gasteiger partial charge in [0.15, 0.2) is 0 Å². The summed E-state index contributed by atoms with van der Waals surface area (Å²) >= 11 is 0. The molecule has 4 heteroatoms. The number of esters is 1. The van der Waals surface area contributed by atoms with Crippen molar-refractivity contribution in [2.24, 2.45) is 0 Å². The highest BCUT2D eigenvalue weighted by Gasteiger charge is 2.02. The maximum absolute atomic E-state index is 12.8. The molecule has 124 valence electrons. The Labute approximate surface area is 145 Å². The summed E-state index contributed by atoms with van der Waals surface area (Å²) in [5, 5.41) is 0. The molecule has 25 heavy (non-hydrogen) atoms. The number of hydrogen-bond donors (Lipinski definition) is 0. The average molecular weight is 334 g/mol. The molecule has 0 amide bonds. The zero-order valence-corrected chi connectivity index (χ0v) is 13.3. The Bertz CT molecular complexity index is 854. The molecule has 0 N–H and O–H groups in total. The van der Waals surface area contributed by atoms with Crippen LogP contribution in [-0.2, 0) is 4.79 Å². The van der Waals surface area contributed by atoms with E-state index in [1.807, 2.05) is 30.3 Å². The fourth-order valence-electron chi connectivity index (χ4n) is 2.09. The maximum atomic E-state index is 12.8. The first-order valence-electron chi connectivity index (χ1n) is 7.67. The Morgan fingerprint density at radius 2 is 1.36 bits per heavy atom. The van der Waals surface area contributed by atoms with E-state index in [4.69, 9.17) is 9.47 Å². The minimum absolute atomic E-state index is 0.322. The Morgan fingerprint density at radius 1 is 0.760 bits per heavy atom. The molecule has 3 nitrogen and oxygen atoms in total. The molecule has 0 atom stereocenters. The van der Waals surface area contributed by atoms with Gasteiger partial charge in [-0.15, -0.1) is 0 Å². The summed E-state index contributed by atoms with van der Waals surface area (Å²) in [6.07, 6.45) is 2.86. The molecule has 0 heterocycles. The quantitative estimate of drug-likeness (QED) is 0.364. The zero-order chi connectivity index (χ0) is 17.5. The number of carbonyl (C=O) groups is 1. The van der Waals surface area contributed by atoms with Crippen LogP contribution in [0, 0.1) is 5.82 Å². The van der Waals surface area contributed by atoms with Crippen molar-refractivity contribution >= 4 is 12.0 Å². The van der Waals surface area contributed by atoms with Crippen molar-refractivity contribution in [1.82, 2.24) is 0 Å². The standard InChI is InChI=1S/C21H15FO3/c22-17-9-6-16(7-10-17)8-15-21(23)25-20-13-11-19(12-14-20)24-18-4-2-1-3-5-18/h1-15H/b15-8+. The molecule has 0 saturated heterocycles. The Balaban J connectivity index is 1.57. The summed E-state index contributed by atoms with van der Waals surface area (Å²) in [7, 11) is 0. The molecule has 0 aliphatic carbocycles. The molecule has 0 bridgehead atoms. The van der Waals surface area contributed by atoms with Crippen molar-refractivity contribution in [3.8, 4) is 17.2 Å². The Kier molecular flexibility index (Phi) is 5.22. The highest BCUT2D eigenvalue weighted by Crippen LogP contribution is 2.23. The summed E-state index contributed by atoms with van der Waals surface area (Å²) in [5.74, 6) is 0.954. The van der Waals surface area contributed by atoms with Gasteiger partial charge in [0.05, 0.1) is 0 Å². The number of hydrogen-bond acceptors (Lipinski definition) is 3. The van der Waals surface area contributed by atoms with E-state index in [0.717, 1.165) is 5.75 Å². The van der Waals surface area contributed by atoms with Gasteiger partial charge in [-0.25, -0.2) is 9.18 Å². The average Bonchev–Trinajstić information content (AvgIpc) is 2.64. The second-order valence-electron chi connectivity index (χ2n) is 5.19. The Hall–Kier alpha value is -3.40. The second-order valence-corrected chi connectivity index (χ2v) is 5.19. The van der Waals surface area contributed by atoms with Gasteiger partial charge < -0.3 is 9.47 Å². The SMILES string of the molecule is O=C(/C=C/c1ccc(F)cc1)Oc1ccc(Oc2ccccc2)cc1. The van der Waals surface area contributed by atoms with Gasteiger partial charge in [-0.1, -0.05) is 30.3 Å². The maximum Gasteiger partial charge on any atom is 0.336 e. The first kappa shape index (κ1) is 16.5. The molecular formula is C21H15FO3. The first-order chi connectivity index (χ1) is 12.2. The first-order valence-corrected chi connectivity index (χ1v) is 7.67. The molecule has 0 aliphatic heterocycles. The van der Waals surface area contributed by atoms with Gasteiger partial charge in [-0.05, 0) is 60.2 Å². The second kappa shape index (κ2) is 7.93. The van der Waals surface area contributed by atoms with Gasteiger partial charge in [0.1, 0.15) is 23.1 Å². The van der Waals surface area contributed by atoms with Crippen molar-refractivity contribution in [2.75, 3.05) is 0 Å². The lowest BCUT2D eigenvalue weighted by Gasteiger charge is -2.06. The molecular weight excluding hydrogens is 319 g/mol. The van der Waals surface area contributed by atoms with Crippen LogP contribution in [0.1, 0.15) is 5.56 Å². The van der Waals surface area contributed by atoms with Crippen LogP contribution in [0.3, 0.4) is 0 Å². The molecule has 0 unspecified atom stereocenters. The minimum Gasteiger partial charge on any atom is -0.457 e. The molecule has 3 aromatic rings. The molecule has 0 saturated carbocycles. The van der Waals surface area contributed by atoms with E-state index in [0.29, 0.717) is 17.1 Å². The van der Waals surface area contributed by atoms with Gasteiger partial charge in [-0.3, -0.25) is 0 Å². The fourth-order valence-corrected chi connectivity index (χ4v) is 2.09. The number of ether oxygens (including phenoxy) is 2. The summed E-state index contributed by atoms with van der Waals surface area (Å²) in [4.78, 5) is 11.8. The van der Waals surface area contributed by atoms with Gasteiger partial charge in [0.25, 0.3) is 0 Å². The Morgan fingerprint density at radius 3 is 2.04 bits per heavy atom. The molecule has 0 spiro atoms. The van der Waals surface area contributed by atoms with E-state index >= 15 is 0 Å². The van der Waals surface area contributed by atoms with Crippen LogP contribution in [0.15, 0.2) is 84.9 Å². The summed E-state index contributed by atoms with van der Waals surface area (Å²) in [5.41, 5.74) is 0.713. The van der Waals surface area contributed by atoms with Crippen LogP contribution in [0.2, 0.25) is 0 Å². The van der Waals surface area contributed by atoms with Crippen molar-refractivity contribution in [1.29, 1.82) is 0 Å². The third-order valence-corrected chi connectivity index (χ3v) is 3.30. The highest BCUT2D eigenvalue weighted by molar-refractivity contribution is 5.88. The van der Waals surface area contributed by atoms with Gasteiger partial charge >= 0.3 is 5.97 Å². The van der Waals surface area contributed by atoms with Crippen molar-refractivity contribution in [2.45, 2.75) is 0 Å². The van der Waals surface area contributed by atoms with E-state index in [1.165, 1.54) is 18.2 Å². The zero-order valence-electron chi connectivity index (χ0n) is 13.3. The van der Waals surface area contributed by atoms with Crippen LogP contribution in [0.4, 0.5) is 4.39 Å². The predicted molar refractivity (Wildman–Crippen MR) is 94.0 cm³/mol. The van der Waals surface area contributed by atoms with Crippen LogP contribution in [0.25, 0.3) is 6.08 Å². The third-order valence-electron chi connectivity index (χ3n) is 3.30. The predicted octanol–water partition coefficient (Wildman–Crippen LogP) is 5.24. The van der Waals surface area contributed by atoms with Crippen LogP contribution in [-0.4, -0.2) is 5.97 Å². The van der Waals surface area contributed by atoms with E-state index in [-0.39, 0.29) is 5.82 Å². The smallest absolute Gasteiger partial charge is 0.336 e. The molecule has 3 rings (SSSR count). The van der Waals surface area contributed by atoms with Gasteiger partial charge in [-0.2, -0.15) is 0 Å². The lowest BCUT2D eigenvalue weighted by molar-refractivity contribution is -0.128. The van der Waals surface area contributed by atoms with Crippen LogP contribution < -0.4 is 9.47 Å². The van der Waals surface area contributed by atoms with Crippen LogP contribution >= 0.6 is 0 Å². The summed E-state index contributed by atoms with van der Waals surface area (Å²) in [6, 6.07) is 22.0. The van der Waals surface area contributed by atoms with Crippen molar-refractivity contribution < 1.29 is 18.7 Å². The molecule has 0 radical (unpaired) electrons. The number of carbonyl (C=O) groups excluding carboxylic acids is 1. The largest absolute Gasteiger partial charge is 0.457 e. The van der Waals surface area contributed by atoms with E-state index in [2.05, 4.69) is 0 Å². The monoisotopic (exact) mass is 334 g/mol. The number of benzene rings is 3. The summed E-state index contributed by atoms with van der Waals surface area (Å²) < 4.78 is 23.7. The van der Waals surface area contributed by atoms with E-state index < -0.39 is 5.97 Å². The summed E-state index contributed by atoms with van der Waals surface area (Å²) in [6.45, 7) is 0. The lowest BCUT2D eigenvalue weighted by atomic mass is 10.2. The highest BCUT2D eigenvalue weighted by atomic mass is 19.1.